The standard InChI is InChI=1S/C41H53BrN4O8/c1-6-10-17-32(48)43-31(26-52-5)35(27-15-12-11-13-16-27)53-40(51)33-34-38(49)46(23-14-24-47)37(41(34)25-30(42)36(33)54-41)39(50)45(22-7-2)29-20-18-28(19-21-29)44(8-3)9-4/h6-7,11-13,15-16,18-21,30-31,33-37,47H,1-2,8-10,14,17,22-26H2,3-5H3,(H,43,48)/t30?,31-,33-,34+,35-,36-,37-,41+/m0/s1. The number of ether oxygens (including phenoxy) is 3. The molecule has 13 heteroatoms. The Kier molecular flexibility index (Phi) is 14.1. The second-order valence-electron chi connectivity index (χ2n) is 13.9. The molecule has 3 aliphatic heterocycles. The number of likely N-dealkylation sites (tertiary alicyclic amines) is 1. The lowest BCUT2D eigenvalue weighted by Gasteiger charge is -2.37. The number of carbonyl (C=O) groups excluding carboxylic acids is 4. The first-order chi connectivity index (χ1) is 26.1. The fourth-order valence-corrected chi connectivity index (χ4v) is 9.26. The maximum atomic E-state index is 14.9. The number of nitrogens with one attached hydrogen (secondary N) is 1. The fraction of sp³-hybridized carbons (Fsp3) is 0.512. The number of carbonyl (C=O) groups is 4. The van der Waals surface area contributed by atoms with Crippen molar-refractivity contribution < 1.29 is 38.5 Å². The van der Waals surface area contributed by atoms with Crippen LogP contribution in [0, 0.1) is 11.8 Å². The van der Waals surface area contributed by atoms with E-state index in [1.54, 1.807) is 29.2 Å². The first-order valence-electron chi connectivity index (χ1n) is 18.8. The van der Waals surface area contributed by atoms with Crippen LogP contribution in [-0.4, -0.2) is 109 Å². The van der Waals surface area contributed by atoms with E-state index in [4.69, 9.17) is 14.2 Å². The largest absolute Gasteiger partial charge is 0.455 e. The SMILES string of the molecule is C=CCCC(=O)N[C@@H](COC)[C@@H](OC(=O)[C@@H]1[C@H]2O[C@@]3(CC2Br)[C@H](C(=O)N(CC=C)c2ccc(N(CC)CC)cc2)N(CCCO)C(=O)[C@@H]13)c1ccccc1. The highest BCUT2D eigenvalue weighted by atomic mass is 79.9. The molecule has 3 aliphatic rings. The van der Waals surface area contributed by atoms with Crippen LogP contribution in [-0.2, 0) is 33.4 Å². The van der Waals surface area contributed by atoms with Crippen molar-refractivity contribution in [2.24, 2.45) is 11.8 Å². The van der Waals surface area contributed by atoms with Crippen LogP contribution in [0.25, 0.3) is 0 Å². The molecule has 2 aromatic rings. The molecular formula is C41H53BrN4O8. The monoisotopic (exact) mass is 808 g/mol. The van der Waals surface area contributed by atoms with E-state index in [9.17, 15) is 24.3 Å². The Balaban J connectivity index is 1.50. The number of nitrogens with zero attached hydrogens (tertiary/aromatic N) is 3. The summed E-state index contributed by atoms with van der Waals surface area (Å²) in [6.07, 6.45) is 2.77. The van der Waals surface area contributed by atoms with E-state index in [1.807, 2.05) is 42.5 Å². The summed E-state index contributed by atoms with van der Waals surface area (Å²) in [6.45, 7) is 13.5. The van der Waals surface area contributed by atoms with Crippen LogP contribution >= 0.6 is 15.9 Å². The van der Waals surface area contributed by atoms with Crippen LogP contribution in [0.5, 0.6) is 0 Å². The summed E-state index contributed by atoms with van der Waals surface area (Å²) >= 11 is 3.74. The molecule has 0 aromatic heterocycles. The molecule has 292 valence electrons. The van der Waals surface area contributed by atoms with Gasteiger partial charge in [-0.3, -0.25) is 19.2 Å². The second-order valence-corrected chi connectivity index (χ2v) is 15.1. The average molecular weight is 810 g/mol. The Morgan fingerprint density at radius 1 is 1.09 bits per heavy atom. The van der Waals surface area contributed by atoms with E-state index in [1.165, 1.54) is 12.0 Å². The smallest absolute Gasteiger partial charge is 0.313 e. The van der Waals surface area contributed by atoms with Gasteiger partial charge in [0.25, 0.3) is 5.91 Å². The van der Waals surface area contributed by atoms with Gasteiger partial charge in [-0.1, -0.05) is 58.4 Å². The van der Waals surface area contributed by atoms with Crippen molar-refractivity contribution >= 4 is 51.0 Å². The third-order valence-electron chi connectivity index (χ3n) is 10.7. The summed E-state index contributed by atoms with van der Waals surface area (Å²) in [7, 11) is 1.50. The lowest BCUT2D eigenvalue weighted by Crippen LogP contribution is -2.57. The molecule has 0 aliphatic carbocycles. The van der Waals surface area contributed by atoms with Crippen LogP contribution in [0.2, 0.25) is 0 Å². The van der Waals surface area contributed by atoms with Gasteiger partial charge >= 0.3 is 5.97 Å². The molecule has 1 unspecified atom stereocenters. The molecule has 3 heterocycles. The summed E-state index contributed by atoms with van der Waals surface area (Å²) in [5.41, 5.74) is 0.940. The number of hydrogen-bond acceptors (Lipinski definition) is 9. The van der Waals surface area contributed by atoms with Crippen LogP contribution in [0.15, 0.2) is 79.9 Å². The topological polar surface area (TPSA) is 138 Å². The van der Waals surface area contributed by atoms with Gasteiger partial charge in [-0.15, -0.1) is 13.2 Å². The average Bonchev–Trinajstić information content (AvgIpc) is 3.77. The van der Waals surface area contributed by atoms with Crippen molar-refractivity contribution in [1.82, 2.24) is 10.2 Å². The molecular weight excluding hydrogens is 756 g/mol. The predicted octanol–water partition coefficient (Wildman–Crippen LogP) is 4.56. The first-order valence-corrected chi connectivity index (χ1v) is 19.7. The number of hydrogen-bond donors (Lipinski definition) is 2. The van der Waals surface area contributed by atoms with E-state index < -0.39 is 53.6 Å². The minimum atomic E-state index is -1.35. The van der Waals surface area contributed by atoms with Crippen molar-refractivity contribution in [3.63, 3.8) is 0 Å². The Morgan fingerprint density at radius 3 is 2.39 bits per heavy atom. The van der Waals surface area contributed by atoms with E-state index in [2.05, 4.69) is 53.2 Å². The highest BCUT2D eigenvalue weighted by molar-refractivity contribution is 9.09. The molecule has 3 amide bonds. The second kappa shape index (κ2) is 18.5. The number of fused-ring (bicyclic) bond motifs is 1. The fourth-order valence-electron chi connectivity index (χ4n) is 8.32. The number of aliphatic hydroxyl groups excluding tert-OH is 1. The number of benzene rings is 2. The molecule has 0 saturated carbocycles. The first kappa shape index (κ1) is 41.1. The molecule has 3 saturated heterocycles. The van der Waals surface area contributed by atoms with Gasteiger partial charge in [0.2, 0.25) is 11.8 Å². The van der Waals surface area contributed by atoms with Gasteiger partial charge in [0.15, 0.2) is 0 Å². The number of amides is 3. The number of aliphatic hydroxyl groups is 1. The zero-order valence-corrected chi connectivity index (χ0v) is 33.0. The third-order valence-corrected chi connectivity index (χ3v) is 11.6. The lowest BCUT2D eigenvalue weighted by atomic mass is 9.70. The van der Waals surface area contributed by atoms with Gasteiger partial charge < -0.3 is 39.3 Å². The molecule has 2 N–H and O–H groups in total. The number of methoxy groups -OCH3 is 1. The van der Waals surface area contributed by atoms with Gasteiger partial charge in [0, 0.05) is 62.5 Å². The quantitative estimate of drug-likeness (QED) is 0.112. The predicted molar refractivity (Wildman–Crippen MR) is 210 cm³/mol. The minimum Gasteiger partial charge on any atom is -0.455 e. The van der Waals surface area contributed by atoms with Gasteiger partial charge in [0.1, 0.15) is 17.7 Å². The number of halogens is 1. The van der Waals surface area contributed by atoms with E-state index >= 15 is 0 Å². The van der Waals surface area contributed by atoms with Crippen LogP contribution < -0.4 is 15.1 Å². The normalized spacial score (nSPS) is 25.1. The van der Waals surface area contributed by atoms with Crippen LogP contribution in [0.4, 0.5) is 11.4 Å². The molecule has 54 heavy (non-hydrogen) atoms. The maximum Gasteiger partial charge on any atom is 0.313 e. The Hall–Kier alpha value is -4.04. The minimum absolute atomic E-state index is 0.0468. The number of rotatable bonds is 20. The van der Waals surface area contributed by atoms with E-state index in [0.717, 1.165) is 18.8 Å². The summed E-state index contributed by atoms with van der Waals surface area (Å²) < 4.78 is 18.5. The van der Waals surface area contributed by atoms with Crippen molar-refractivity contribution in [2.75, 3.05) is 56.3 Å². The van der Waals surface area contributed by atoms with Gasteiger partial charge in [-0.25, -0.2) is 0 Å². The number of alkyl halides is 1. The van der Waals surface area contributed by atoms with Gasteiger partial charge in [0.05, 0.1) is 30.6 Å². The molecule has 1 spiro atoms. The molecule has 2 aromatic carbocycles. The van der Waals surface area contributed by atoms with E-state index in [0.29, 0.717) is 24.1 Å². The Morgan fingerprint density at radius 2 is 1.78 bits per heavy atom. The van der Waals surface area contributed by atoms with Crippen molar-refractivity contribution in [2.45, 2.75) is 74.3 Å². The zero-order chi connectivity index (χ0) is 39.0. The molecule has 8 atom stereocenters. The molecule has 12 nitrogen and oxygen atoms in total. The van der Waals surface area contributed by atoms with Crippen LogP contribution in [0.1, 0.15) is 51.2 Å². The van der Waals surface area contributed by atoms with Crippen molar-refractivity contribution in [3.8, 4) is 0 Å². The zero-order valence-electron chi connectivity index (χ0n) is 31.4. The summed E-state index contributed by atoms with van der Waals surface area (Å²) in [6, 6.07) is 14.9. The van der Waals surface area contributed by atoms with Gasteiger partial charge in [-0.2, -0.15) is 0 Å². The molecule has 0 radical (unpaired) electrons. The lowest BCUT2D eigenvalue weighted by molar-refractivity contribution is -0.163. The number of esters is 1. The highest BCUT2D eigenvalue weighted by Crippen LogP contribution is 2.60. The maximum absolute atomic E-state index is 14.9. The summed E-state index contributed by atoms with van der Waals surface area (Å²) in [5, 5.41) is 12.8. The van der Waals surface area contributed by atoms with E-state index in [-0.39, 0.29) is 55.8 Å². The van der Waals surface area contributed by atoms with Crippen molar-refractivity contribution in [1.29, 1.82) is 0 Å². The van der Waals surface area contributed by atoms with Gasteiger partial charge in [-0.05, 0) is 62.9 Å². The van der Waals surface area contributed by atoms with Crippen molar-refractivity contribution in [3.05, 3.63) is 85.5 Å². The molecule has 2 bridgehead atoms. The molecule has 3 fully saturated rings. The van der Waals surface area contributed by atoms with Crippen LogP contribution in [0.3, 0.4) is 0 Å². The number of allylic oxidation sites excluding steroid dienone is 1. The highest BCUT2D eigenvalue weighted by Gasteiger charge is 2.77. The Labute approximate surface area is 326 Å². The summed E-state index contributed by atoms with van der Waals surface area (Å²) in [5.74, 6) is -3.77. The third kappa shape index (κ3) is 8.14. The number of anilines is 2. The molecule has 5 rings (SSSR count). The Bertz CT molecular complexity index is 1640. The summed E-state index contributed by atoms with van der Waals surface area (Å²) in [4.78, 5) is 62.0.